The summed E-state index contributed by atoms with van der Waals surface area (Å²) in [6.07, 6.45) is 1.46. The number of nitrogens with two attached hydrogens (primary N) is 1. The summed E-state index contributed by atoms with van der Waals surface area (Å²) in [6, 6.07) is 8.90. The molecule has 2 N–H and O–H groups in total. The maximum Gasteiger partial charge on any atom is 0.312 e. The van der Waals surface area contributed by atoms with Crippen LogP contribution in [-0.4, -0.2) is 9.91 Å². The first-order valence-electron chi connectivity index (χ1n) is 5.18. The zero-order valence-electron chi connectivity index (χ0n) is 9.61. The van der Waals surface area contributed by atoms with Gasteiger partial charge in [0.2, 0.25) is 11.6 Å². The molecule has 0 saturated heterocycles. The van der Waals surface area contributed by atoms with E-state index in [9.17, 15) is 10.1 Å². The van der Waals surface area contributed by atoms with E-state index >= 15 is 0 Å². The third kappa shape index (κ3) is 2.58. The second-order valence-electron chi connectivity index (χ2n) is 3.55. The molecule has 1 heterocycles. The Morgan fingerprint density at radius 2 is 2.21 bits per heavy atom. The summed E-state index contributed by atoms with van der Waals surface area (Å²) in [5.74, 6) is 0.0599. The average molecular weight is 256 g/mol. The van der Waals surface area contributed by atoms with E-state index < -0.39 is 4.92 Å². The number of hydrogen-bond acceptors (Lipinski definition) is 6. The SMILES string of the molecule is N#Cc1ccc(Oc2ncccc2N)c([N+](=O)[O-])c1. The zero-order valence-corrected chi connectivity index (χ0v) is 9.61. The van der Waals surface area contributed by atoms with Crippen LogP contribution in [0.25, 0.3) is 0 Å². The molecule has 19 heavy (non-hydrogen) atoms. The van der Waals surface area contributed by atoms with Crippen LogP contribution in [0.3, 0.4) is 0 Å². The molecule has 0 fully saturated rings. The number of nitro benzene ring substituents is 1. The number of ether oxygens (including phenoxy) is 1. The molecule has 0 saturated carbocycles. The van der Waals surface area contributed by atoms with Crippen molar-refractivity contribution in [3.8, 4) is 17.7 Å². The normalized spacial score (nSPS) is 9.63. The lowest BCUT2D eigenvalue weighted by molar-refractivity contribution is -0.385. The van der Waals surface area contributed by atoms with Crippen molar-refractivity contribution in [1.82, 2.24) is 4.98 Å². The van der Waals surface area contributed by atoms with Gasteiger partial charge in [0.05, 0.1) is 22.2 Å². The molecule has 7 heteroatoms. The number of nitrogens with zero attached hydrogens (tertiary/aromatic N) is 3. The fourth-order valence-corrected chi connectivity index (χ4v) is 1.41. The number of benzene rings is 1. The Balaban J connectivity index is 2.43. The van der Waals surface area contributed by atoms with E-state index in [1.54, 1.807) is 12.1 Å². The van der Waals surface area contributed by atoms with E-state index in [1.165, 1.54) is 18.3 Å². The molecule has 1 aromatic heterocycles. The van der Waals surface area contributed by atoms with Crippen molar-refractivity contribution in [3.63, 3.8) is 0 Å². The Hall–Kier alpha value is -3.14. The summed E-state index contributed by atoms with van der Waals surface area (Å²) in [5, 5.41) is 19.7. The topological polar surface area (TPSA) is 115 Å². The first-order chi connectivity index (χ1) is 9.11. The number of rotatable bonds is 3. The van der Waals surface area contributed by atoms with Crippen LogP contribution < -0.4 is 10.5 Å². The van der Waals surface area contributed by atoms with Gasteiger partial charge in [-0.2, -0.15) is 5.26 Å². The standard InChI is InChI=1S/C12H8N4O3/c13-7-8-3-4-11(10(6-8)16(17)18)19-12-9(14)2-1-5-15-12/h1-6H,14H2. The molecule has 2 aromatic rings. The van der Waals surface area contributed by atoms with E-state index in [0.29, 0.717) is 0 Å². The van der Waals surface area contributed by atoms with Crippen LogP contribution in [0.4, 0.5) is 11.4 Å². The van der Waals surface area contributed by atoms with Gasteiger partial charge in [0.25, 0.3) is 0 Å². The molecule has 2 rings (SSSR count). The van der Waals surface area contributed by atoms with Crippen LogP contribution >= 0.6 is 0 Å². The van der Waals surface area contributed by atoms with Crippen molar-refractivity contribution in [2.24, 2.45) is 0 Å². The van der Waals surface area contributed by atoms with Gasteiger partial charge in [-0.15, -0.1) is 0 Å². The lowest BCUT2D eigenvalue weighted by Crippen LogP contribution is -1.98. The maximum atomic E-state index is 10.9. The Kier molecular flexibility index (Phi) is 3.25. The Morgan fingerprint density at radius 3 is 2.84 bits per heavy atom. The summed E-state index contributed by atoms with van der Waals surface area (Å²) in [4.78, 5) is 14.2. The lowest BCUT2D eigenvalue weighted by Gasteiger charge is -2.07. The van der Waals surface area contributed by atoms with Crippen molar-refractivity contribution in [2.75, 3.05) is 5.73 Å². The third-order valence-electron chi connectivity index (χ3n) is 2.29. The van der Waals surface area contributed by atoms with Crippen LogP contribution in [0.2, 0.25) is 0 Å². The van der Waals surface area contributed by atoms with Gasteiger partial charge in [-0.05, 0) is 24.3 Å². The second kappa shape index (κ2) is 5.01. The predicted molar refractivity (Wildman–Crippen MR) is 66.5 cm³/mol. The lowest BCUT2D eigenvalue weighted by atomic mass is 10.2. The van der Waals surface area contributed by atoms with Crippen molar-refractivity contribution in [3.05, 3.63) is 52.2 Å². The van der Waals surface area contributed by atoms with Gasteiger partial charge in [-0.1, -0.05) is 0 Å². The molecule has 0 aliphatic carbocycles. The summed E-state index contributed by atoms with van der Waals surface area (Å²) in [7, 11) is 0. The predicted octanol–water partition coefficient (Wildman–Crippen LogP) is 2.24. The van der Waals surface area contributed by atoms with Crippen LogP contribution in [0.1, 0.15) is 5.56 Å². The van der Waals surface area contributed by atoms with Crippen LogP contribution in [-0.2, 0) is 0 Å². The molecule has 0 atom stereocenters. The highest BCUT2D eigenvalue weighted by Crippen LogP contribution is 2.33. The highest BCUT2D eigenvalue weighted by Gasteiger charge is 2.18. The third-order valence-corrected chi connectivity index (χ3v) is 2.29. The molecule has 1 aromatic carbocycles. The number of nitro groups is 1. The second-order valence-corrected chi connectivity index (χ2v) is 3.55. The molecule has 0 unspecified atom stereocenters. The van der Waals surface area contributed by atoms with Gasteiger partial charge in [-0.25, -0.2) is 4.98 Å². The van der Waals surface area contributed by atoms with Crippen molar-refractivity contribution < 1.29 is 9.66 Å². The Bertz CT molecular complexity index is 679. The van der Waals surface area contributed by atoms with Gasteiger partial charge < -0.3 is 10.5 Å². The van der Waals surface area contributed by atoms with Crippen molar-refractivity contribution in [2.45, 2.75) is 0 Å². The number of hydrogen-bond donors (Lipinski definition) is 1. The number of aromatic nitrogens is 1. The van der Waals surface area contributed by atoms with E-state index in [1.807, 2.05) is 6.07 Å². The first kappa shape index (κ1) is 12.3. The van der Waals surface area contributed by atoms with E-state index in [-0.39, 0.29) is 28.6 Å². The van der Waals surface area contributed by atoms with Crippen molar-refractivity contribution >= 4 is 11.4 Å². The summed E-state index contributed by atoms with van der Waals surface area (Å²) >= 11 is 0. The molecule has 7 nitrogen and oxygen atoms in total. The fraction of sp³-hybridized carbons (Fsp3) is 0. The van der Waals surface area contributed by atoms with Crippen LogP contribution in [0, 0.1) is 21.4 Å². The van der Waals surface area contributed by atoms with E-state index in [4.69, 9.17) is 15.7 Å². The molecular formula is C12H8N4O3. The molecule has 0 radical (unpaired) electrons. The summed E-state index contributed by atoms with van der Waals surface area (Å²) in [5.41, 5.74) is 5.76. The maximum absolute atomic E-state index is 10.9. The minimum atomic E-state index is -0.630. The average Bonchev–Trinajstić information content (AvgIpc) is 2.41. The molecule has 0 spiro atoms. The van der Waals surface area contributed by atoms with E-state index in [2.05, 4.69) is 4.98 Å². The Morgan fingerprint density at radius 1 is 1.42 bits per heavy atom. The van der Waals surface area contributed by atoms with Crippen LogP contribution in [0.15, 0.2) is 36.5 Å². The molecule has 0 aliphatic heterocycles. The number of nitriles is 1. The molecule has 0 bridgehead atoms. The number of nitrogen functional groups attached to an aromatic ring is 1. The Labute approximate surface area is 108 Å². The zero-order chi connectivity index (χ0) is 13.8. The monoisotopic (exact) mass is 256 g/mol. The van der Waals surface area contributed by atoms with Gasteiger partial charge in [-0.3, -0.25) is 10.1 Å². The summed E-state index contributed by atoms with van der Waals surface area (Å²) < 4.78 is 5.31. The first-order valence-corrected chi connectivity index (χ1v) is 5.18. The fourth-order valence-electron chi connectivity index (χ4n) is 1.41. The molecular weight excluding hydrogens is 248 g/mol. The number of anilines is 1. The van der Waals surface area contributed by atoms with E-state index in [0.717, 1.165) is 6.07 Å². The van der Waals surface area contributed by atoms with Gasteiger partial charge in [0.15, 0.2) is 0 Å². The number of pyridine rings is 1. The van der Waals surface area contributed by atoms with Crippen molar-refractivity contribution in [1.29, 1.82) is 5.26 Å². The van der Waals surface area contributed by atoms with Gasteiger partial charge in [0, 0.05) is 12.3 Å². The molecule has 94 valence electrons. The molecule has 0 aliphatic rings. The quantitative estimate of drug-likeness (QED) is 0.665. The van der Waals surface area contributed by atoms with Gasteiger partial charge >= 0.3 is 5.69 Å². The largest absolute Gasteiger partial charge is 0.430 e. The minimum Gasteiger partial charge on any atom is -0.430 e. The highest BCUT2D eigenvalue weighted by molar-refractivity contribution is 5.55. The van der Waals surface area contributed by atoms with Crippen LogP contribution in [0.5, 0.6) is 11.6 Å². The van der Waals surface area contributed by atoms with Gasteiger partial charge in [0.1, 0.15) is 0 Å². The minimum absolute atomic E-state index is 0.0191. The smallest absolute Gasteiger partial charge is 0.312 e. The summed E-state index contributed by atoms with van der Waals surface area (Å²) in [6.45, 7) is 0. The molecule has 0 amide bonds. The highest BCUT2D eigenvalue weighted by atomic mass is 16.6.